The van der Waals surface area contributed by atoms with Crippen LogP contribution in [0.3, 0.4) is 0 Å². The van der Waals surface area contributed by atoms with E-state index in [1.54, 1.807) is 18.0 Å². The molecule has 108 valence electrons. The lowest BCUT2D eigenvalue weighted by Gasteiger charge is -2.30. The number of amides is 1. The van der Waals surface area contributed by atoms with Crippen molar-refractivity contribution in [1.29, 1.82) is 0 Å². The average molecular weight is 278 g/mol. The van der Waals surface area contributed by atoms with Crippen LogP contribution in [0.1, 0.15) is 44.3 Å². The molecule has 0 bridgehead atoms. The van der Waals surface area contributed by atoms with E-state index in [0.717, 1.165) is 31.4 Å². The Morgan fingerprint density at radius 1 is 1.35 bits per heavy atom. The van der Waals surface area contributed by atoms with E-state index in [1.807, 2.05) is 0 Å². The van der Waals surface area contributed by atoms with E-state index in [0.29, 0.717) is 24.6 Å². The SMILES string of the molecule is CC(=C(F)C(=O)N1CCC(c2cnco2)CC1)C1CC1. The first-order valence-corrected chi connectivity index (χ1v) is 7.20. The van der Waals surface area contributed by atoms with Gasteiger partial charge in [-0.3, -0.25) is 4.79 Å². The Bertz CT molecular complexity index is 512. The molecule has 1 saturated carbocycles. The summed E-state index contributed by atoms with van der Waals surface area (Å²) >= 11 is 0. The van der Waals surface area contributed by atoms with Crippen molar-refractivity contribution < 1.29 is 13.6 Å². The van der Waals surface area contributed by atoms with E-state index in [-0.39, 0.29) is 5.92 Å². The number of rotatable bonds is 3. The minimum absolute atomic E-state index is 0.290. The summed E-state index contributed by atoms with van der Waals surface area (Å²) in [6, 6.07) is 0. The summed E-state index contributed by atoms with van der Waals surface area (Å²) in [5.41, 5.74) is 0.632. The number of hydrogen-bond acceptors (Lipinski definition) is 3. The number of allylic oxidation sites excluding steroid dienone is 1. The molecule has 5 heteroatoms. The van der Waals surface area contributed by atoms with E-state index in [4.69, 9.17) is 4.42 Å². The summed E-state index contributed by atoms with van der Waals surface area (Å²) in [6.45, 7) is 2.90. The van der Waals surface area contributed by atoms with Gasteiger partial charge in [0.05, 0.1) is 6.20 Å². The second kappa shape index (κ2) is 5.38. The molecule has 1 aromatic rings. The fraction of sp³-hybridized carbons (Fsp3) is 0.600. The maximum atomic E-state index is 14.1. The fourth-order valence-electron chi connectivity index (χ4n) is 2.80. The highest BCUT2D eigenvalue weighted by Gasteiger charge is 2.32. The van der Waals surface area contributed by atoms with E-state index >= 15 is 0 Å². The van der Waals surface area contributed by atoms with E-state index in [1.165, 1.54) is 6.39 Å². The van der Waals surface area contributed by atoms with Gasteiger partial charge >= 0.3 is 0 Å². The molecule has 0 N–H and O–H groups in total. The molecule has 0 radical (unpaired) electrons. The van der Waals surface area contributed by atoms with Crippen molar-refractivity contribution in [3.8, 4) is 0 Å². The molecule has 1 aromatic heterocycles. The lowest BCUT2D eigenvalue weighted by Crippen LogP contribution is -2.38. The van der Waals surface area contributed by atoms with E-state index in [2.05, 4.69) is 4.98 Å². The number of hydrogen-bond donors (Lipinski definition) is 0. The molecular formula is C15H19FN2O2. The van der Waals surface area contributed by atoms with Gasteiger partial charge in [-0.25, -0.2) is 9.37 Å². The molecule has 2 aliphatic rings. The minimum Gasteiger partial charge on any atom is -0.448 e. The average Bonchev–Trinajstić information content (AvgIpc) is 3.20. The summed E-state index contributed by atoms with van der Waals surface area (Å²) in [5, 5.41) is 0. The number of carbonyl (C=O) groups excluding carboxylic acids is 1. The Hall–Kier alpha value is -1.65. The molecule has 0 spiro atoms. The van der Waals surface area contributed by atoms with Crippen molar-refractivity contribution in [2.75, 3.05) is 13.1 Å². The van der Waals surface area contributed by atoms with Crippen LogP contribution in [0.4, 0.5) is 4.39 Å². The Balaban J connectivity index is 1.60. The summed E-state index contributed by atoms with van der Waals surface area (Å²) in [6.07, 6.45) is 6.78. The van der Waals surface area contributed by atoms with Crippen molar-refractivity contribution in [2.45, 2.75) is 38.5 Å². The zero-order valence-corrected chi connectivity index (χ0v) is 11.6. The van der Waals surface area contributed by atoms with Gasteiger partial charge in [0, 0.05) is 19.0 Å². The Labute approximate surface area is 117 Å². The number of halogens is 1. The molecule has 0 atom stereocenters. The molecule has 2 fully saturated rings. The van der Waals surface area contributed by atoms with Gasteiger partial charge in [0.1, 0.15) is 5.76 Å². The topological polar surface area (TPSA) is 46.3 Å². The molecule has 3 rings (SSSR count). The van der Waals surface area contributed by atoms with Crippen LogP contribution < -0.4 is 0 Å². The predicted molar refractivity (Wildman–Crippen MR) is 71.6 cm³/mol. The molecule has 20 heavy (non-hydrogen) atoms. The van der Waals surface area contributed by atoms with Gasteiger partial charge in [-0.2, -0.15) is 0 Å². The van der Waals surface area contributed by atoms with Crippen molar-refractivity contribution in [1.82, 2.24) is 9.88 Å². The van der Waals surface area contributed by atoms with Gasteiger partial charge in [0.25, 0.3) is 5.91 Å². The maximum absolute atomic E-state index is 14.1. The molecule has 4 nitrogen and oxygen atoms in total. The predicted octanol–water partition coefficient (Wildman–Crippen LogP) is 3.03. The largest absolute Gasteiger partial charge is 0.448 e. The van der Waals surface area contributed by atoms with Gasteiger partial charge < -0.3 is 9.32 Å². The summed E-state index contributed by atoms with van der Waals surface area (Å²) in [5.74, 6) is 0.474. The monoisotopic (exact) mass is 278 g/mol. The van der Waals surface area contributed by atoms with E-state index < -0.39 is 11.7 Å². The van der Waals surface area contributed by atoms with Crippen LogP contribution in [0.5, 0.6) is 0 Å². The van der Waals surface area contributed by atoms with Gasteiger partial charge in [0.15, 0.2) is 12.2 Å². The van der Waals surface area contributed by atoms with Gasteiger partial charge in [-0.15, -0.1) is 0 Å². The van der Waals surface area contributed by atoms with Crippen LogP contribution in [0.25, 0.3) is 0 Å². The van der Waals surface area contributed by atoms with Crippen molar-refractivity contribution >= 4 is 5.91 Å². The number of aromatic nitrogens is 1. The molecule has 1 aliphatic heterocycles. The molecule has 1 saturated heterocycles. The molecule has 0 aromatic carbocycles. The zero-order chi connectivity index (χ0) is 14.1. The van der Waals surface area contributed by atoms with Gasteiger partial charge in [-0.1, -0.05) is 0 Å². The molecular weight excluding hydrogens is 259 g/mol. The highest BCUT2D eigenvalue weighted by Crippen LogP contribution is 2.38. The van der Waals surface area contributed by atoms with Crippen LogP contribution >= 0.6 is 0 Å². The standard InChI is InChI=1S/C15H19FN2O2/c1-10(11-2-3-11)14(16)15(19)18-6-4-12(5-7-18)13-8-17-9-20-13/h8-9,11-12H,2-7H2,1H3. The lowest BCUT2D eigenvalue weighted by molar-refractivity contribution is -0.129. The van der Waals surface area contributed by atoms with Crippen LogP contribution in [0, 0.1) is 5.92 Å². The smallest absolute Gasteiger partial charge is 0.282 e. The highest BCUT2D eigenvalue weighted by molar-refractivity contribution is 5.92. The van der Waals surface area contributed by atoms with Crippen molar-refractivity contribution in [3.05, 3.63) is 29.8 Å². The van der Waals surface area contributed by atoms with Crippen LogP contribution in [-0.2, 0) is 4.79 Å². The number of nitrogens with zero attached hydrogens (tertiary/aromatic N) is 2. The minimum atomic E-state index is -0.536. The first kappa shape index (κ1) is 13.3. The third-order valence-electron chi connectivity index (χ3n) is 4.36. The third-order valence-corrected chi connectivity index (χ3v) is 4.36. The molecule has 1 aliphatic carbocycles. The molecule has 1 amide bonds. The highest BCUT2D eigenvalue weighted by atomic mass is 19.1. The second-order valence-electron chi connectivity index (χ2n) is 5.74. The van der Waals surface area contributed by atoms with Crippen LogP contribution in [0.2, 0.25) is 0 Å². The maximum Gasteiger partial charge on any atom is 0.282 e. The Morgan fingerprint density at radius 3 is 2.60 bits per heavy atom. The second-order valence-corrected chi connectivity index (χ2v) is 5.74. The summed E-state index contributed by atoms with van der Waals surface area (Å²) in [4.78, 5) is 17.7. The van der Waals surface area contributed by atoms with Crippen LogP contribution in [-0.4, -0.2) is 28.9 Å². The Morgan fingerprint density at radius 2 is 2.05 bits per heavy atom. The van der Waals surface area contributed by atoms with E-state index in [9.17, 15) is 9.18 Å². The van der Waals surface area contributed by atoms with Crippen LogP contribution in [0.15, 0.2) is 28.4 Å². The summed E-state index contributed by atoms with van der Waals surface area (Å²) in [7, 11) is 0. The number of likely N-dealkylation sites (tertiary alicyclic amines) is 1. The molecule has 2 heterocycles. The quantitative estimate of drug-likeness (QED) is 0.798. The first-order chi connectivity index (χ1) is 9.66. The number of oxazole rings is 1. The van der Waals surface area contributed by atoms with Crippen molar-refractivity contribution in [2.24, 2.45) is 5.92 Å². The zero-order valence-electron chi connectivity index (χ0n) is 11.6. The lowest BCUT2D eigenvalue weighted by atomic mass is 9.94. The Kier molecular flexibility index (Phi) is 3.59. The van der Waals surface area contributed by atoms with Gasteiger partial charge in [-0.05, 0) is 44.1 Å². The molecule has 0 unspecified atom stereocenters. The third kappa shape index (κ3) is 2.62. The summed E-state index contributed by atoms with van der Waals surface area (Å²) < 4.78 is 19.4. The number of piperidine rings is 1. The number of carbonyl (C=O) groups is 1. The fourth-order valence-corrected chi connectivity index (χ4v) is 2.80. The van der Waals surface area contributed by atoms with Crippen molar-refractivity contribution in [3.63, 3.8) is 0 Å². The normalized spacial score (nSPS) is 21.8. The van der Waals surface area contributed by atoms with Gasteiger partial charge in [0.2, 0.25) is 0 Å². The first-order valence-electron chi connectivity index (χ1n) is 7.20.